The number of hydrogen-bond acceptors (Lipinski definition) is 12. The number of carbonyl (C=O) groups excluding carboxylic acids is 6. The van der Waals surface area contributed by atoms with E-state index >= 15 is 0 Å². The Morgan fingerprint density at radius 1 is 1.04 bits per heavy atom. The van der Waals surface area contributed by atoms with Gasteiger partial charge in [-0.25, -0.2) is 0 Å². The van der Waals surface area contributed by atoms with Crippen molar-refractivity contribution in [2.75, 3.05) is 26.0 Å². The summed E-state index contributed by atoms with van der Waals surface area (Å²) in [4.78, 5) is 82.3. The van der Waals surface area contributed by atoms with Gasteiger partial charge in [-0.2, -0.15) is 5.26 Å². The van der Waals surface area contributed by atoms with Gasteiger partial charge < -0.3 is 32.9 Å². The first kappa shape index (κ1) is 34.5. The molecular weight excluding hydrogens is 618 g/mol. The summed E-state index contributed by atoms with van der Waals surface area (Å²) in [5, 5.41) is 27.4. The van der Waals surface area contributed by atoms with Crippen LogP contribution in [0.25, 0.3) is 11.1 Å². The first-order valence-electron chi connectivity index (χ1n) is 15.4. The molecule has 0 radical (unpaired) electrons. The molecule has 0 bridgehead atoms. The molecule has 14 nitrogen and oxygen atoms in total. The van der Waals surface area contributed by atoms with Gasteiger partial charge in [0.1, 0.15) is 11.7 Å². The maximum absolute atomic E-state index is 14.5. The highest BCUT2D eigenvalue weighted by molar-refractivity contribution is 6.33. The van der Waals surface area contributed by atoms with Gasteiger partial charge in [0, 0.05) is 16.8 Å². The zero-order chi connectivity index (χ0) is 35.7. The molecule has 2 fully saturated rings. The summed E-state index contributed by atoms with van der Waals surface area (Å²) in [6.07, 6.45) is -0.711. The molecule has 6 atom stereocenters. The third kappa shape index (κ3) is 5.01. The monoisotopic (exact) mass is 657 g/mol. The minimum absolute atomic E-state index is 0.0993. The van der Waals surface area contributed by atoms with E-state index in [2.05, 4.69) is 10.6 Å². The molecule has 2 unspecified atom stereocenters. The lowest BCUT2D eigenvalue weighted by atomic mass is 9.42. The van der Waals surface area contributed by atoms with Crippen LogP contribution < -0.4 is 27.8 Å². The average Bonchev–Trinajstić information content (AvgIpc) is 2.95. The van der Waals surface area contributed by atoms with Crippen molar-refractivity contribution in [1.29, 1.82) is 5.26 Å². The van der Waals surface area contributed by atoms with Crippen LogP contribution >= 0.6 is 0 Å². The van der Waals surface area contributed by atoms with Gasteiger partial charge in [-0.15, -0.1) is 0 Å². The fraction of sp³-hybridized carbons (Fsp3) is 0.441. The van der Waals surface area contributed by atoms with Crippen LogP contribution in [0.4, 0.5) is 5.69 Å². The summed E-state index contributed by atoms with van der Waals surface area (Å²) in [5.41, 5.74) is 13.8. The number of anilines is 1. The van der Waals surface area contributed by atoms with Gasteiger partial charge in [-0.3, -0.25) is 33.7 Å². The van der Waals surface area contributed by atoms with Crippen molar-refractivity contribution in [3.05, 3.63) is 47.5 Å². The van der Waals surface area contributed by atoms with Crippen LogP contribution in [-0.2, 0) is 30.4 Å². The minimum Gasteiger partial charge on any atom is -0.507 e. The zero-order valence-corrected chi connectivity index (χ0v) is 27.3. The number of benzene rings is 2. The van der Waals surface area contributed by atoms with Gasteiger partial charge in [-0.1, -0.05) is 18.2 Å². The highest BCUT2D eigenvalue weighted by atomic mass is 16.3. The molecule has 0 aliphatic heterocycles. The third-order valence-corrected chi connectivity index (χ3v) is 9.73. The van der Waals surface area contributed by atoms with Crippen molar-refractivity contribution in [2.24, 2.45) is 34.5 Å². The summed E-state index contributed by atoms with van der Waals surface area (Å²) < 4.78 is 0. The topological polar surface area (TPSA) is 252 Å². The van der Waals surface area contributed by atoms with Crippen molar-refractivity contribution in [3.63, 3.8) is 0 Å². The molecule has 48 heavy (non-hydrogen) atoms. The molecule has 0 saturated heterocycles. The number of amides is 2. The number of carbonyl (C=O) groups is 6. The van der Waals surface area contributed by atoms with E-state index in [4.69, 9.17) is 17.2 Å². The smallest absolute Gasteiger partial charge is 0.238 e. The Morgan fingerprint density at radius 3 is 2.21 bits per heavy atom. The van der Waals surface area contributed by atoms with Gasteiger partial charge >= 0.3 is 0 Å². The summed E-state index contributed by atoms with van der Waals surface area (Å²) in [7, 11) is 2.88. The van der Waals surface area contributed by atoms with E-state index in [1.807, 2.05) is 20.8 Å². The molecule has 2 aromatic carbocycles. The molecule has 5 rings (SSSR count). The summed E-state index contributed by atoms with van der Waals surface area (Å²) in [6, 6.07) is 9.84. The Labute approximate surface area is 277 Å². The van der Waals surface area contributed by atoms with E-state index in [-0.39, 0.29) is 30.0 Å². The largest absolute Gasteiger partial charge is 0.507 e. The van der Waals surface area contributed by atoms with Crippen molar-refractivity contribution in [3.8, 4) is 22.9 Å². The predicted molar refractivity (Wildman–Crippen MR) is 173 cm³/mol. The fourth-order valence-electron chi connectivity index (χ4n) is 7.76. The zero-order valence-electron chi connectivity index (χ0n) is 27.3. The van der Waals surface area contributed by atoms with Gasteiger partial charge in [0.05, 0.1) is 29.8 Å². The number of likely N-dealkylation sites (N-methyl/N-ethyl adjacent to an activating group) is 1. The molecular formula is C34H39N7O7. The maximum Gasteiger partial charge on any atom is 0.238 e. The lowest BCUT2D eigenvalue weighted by molar-refractivity contribution is -0.166. The van der Waals surface area contributed by atoms with Crippen molar-refractivity contribution in [1.82, 2.24) is 10.2 Å². The van der Waals surface area contributed by atoms with Crippen LogP contribution in [0.2, 0.25) is 0 Å². The number of aromatic hydroxyl groups is 1. The van der Waals surface area contributed by atoms with Crippen LogP contribution in [0.5, 0.6) is 5.75 Å². The fourth-order valence-corrected chi connectivity index (χ4v) is 7.76. The molecule has 2 amide bonds. The Hall–Kier alpha value is -4.81. The van der Waals surface area contributed by atoms with E-state index in [0.717, 1.165) is 0 Å². The molecule has 2 saturated carbocycles. The predicted octanol–water partition coefficient (Wildman–Crippen LogP) is -0.198. The van der Waals surface area contributed by atoms with Crippen LogP contribution in [-0.4, -0.2) is 88.3 Å². The number of hydrogen-bond donors (Lipinski definition) is 6. The van der Waals surface area contributed by atoms with Crippen molar-refractivity contribution >= 4 is 40.6 Å². The standard InChI is InChI=1S/C34H39N7O7/c1-31(2,3)39-13-21(43)40-17-8-6-16(7-9-17)18-10-11-20(42)22-19(18)12-32(37)14-34(38)27(41(4)5)26(45)23(30(36)48)28(46)33(34,15-35)29(47)24(32)25(22)44/h6-11,23-24,27,39,42H,12-14,37-38H2,1-5H3,(H2,36,48)(H,40,43)/t23?,24?,27-,32-,33+,34-/m1/s1. The first-order valence-corrected chi connectivity index (χ1v) is 15.4. The average molecular weight is 658 g/mol. The lowest BCUT2D eigenvalue weighted by Crippen LogP contribution is -2.85. The number of nitrogens with zero attached hydrogens (tertiary/aromatic N) is 2. The van der Waals surface area contributed by atoms with Crippen molar-refractivity contribution < 1.29 is 33.9 Å². The van der Waals surface area contributed by atoms with E-state index in [9.17, 15) is 39.1 Å². The maximum atomic E-state index is 14.5. The van der Waals surface area contributed by atoms with Crippen LogP contribution in [0.15, 0.2) is 36.4 Å². The van der Waals surface area contributed by atoms with E-state index in [1.54, 1.807) is 36.4 Å². The summed E-state index contributed by atoms with van der Waals surface area (Å²) in [5.74, 6) is -10.5. The third-order valence-electron chi connectivity index (χ3n) is 9.73. The normalized spacial score (nSPS) is 29.9. The molecule has 3 aliphatic rings. The highest BCUT2D eigenvalue weighted by Gasteiger charge is 2.78. The Balaban J connectivity index is 1.59. The van der Waals surface area contributed by atoms with Gasteiger partial charge in [0.25, 0.3) is 0 Å². The Morgan fingerprint density at radius 2 is 1.67 bits per heavy atom. The lowest BCUT2D eigenvalue weighted by Gasteiger charge is -2.60. The Kier molecular flexibility index (Phi) is 8.21. The molecule has 0 spiro atoms. The van der Waals surface area contributed by atoms with Crippen LogP contribution in [0.3, 0.4) is 0 Å². The summed E-state index contributed by atoms with van der Waals surface area (Å²) >= 11 is 0. The number of nitrogens with two attached hydrogens (primary N) is 3. The second-order valence-corrected chi connectivity index (χ2v) is 14.3. The molecule has 14 heteroatoms. The number of phenolic OH excluding ortho intramolecular Hbond substituents is 1. The molecule has 252 valence electrons. The summed E-state index contributed by atoms with van der Waals surface area (Å²) in [6.45, 7) is 5.92. The number of ketones is 4. The number of rotatable bonds is 6. The number of primary amides is 1. The minimum atomic E-state index is -2.81. The second-order valence-electron chi connectivity index (χ2n) is 14.3. The van der Waals surface area contributed by atoms with Gasteiger partial charge in [0.2, 0.25) is 11.8 Å². The number of fused-ring (bicyclic) bond motifs is 3. The molecule has 3 aliphatic carbocycles. The number of nitrogens with one attached hydrogen (secondary N) is 2. The van der Waals surface area contributed by atoms with E-state index in [1.165, 1.54) is 25.1 Å². The first-order chi connectivity index (χ1) is 22.2. The van der Waals surface area contributed by atoms with Crippen molar-refractivity contribution in [2.45, 2.75) is 56.3 Å². The number of Topliss-reactive ketones (excluding diaryl/α,β-unsaturated/α-hetero) is 4. The van der Waals surface area contributed by atoms with E-state index < -0.39 is 75.6 Å². The van der Waals surface area contributed by atoms with Gasteiger partial charge in [-0.05, 0) is 82.6 Å². The molecule has 0 aromatic heterocycles. The highest BCUT2D eigenvalue weighted by Crippen LogP contribution is 2.57. The number of phenols is 1. The SMILES string of the molecule is CN(C)[C@@H]1C(=O)C(C(N)=O)C(=O)[C@@]2(C#N)C(=O)C3C(=O)c4c(O)ccc(-c5ccc(NC(=O)CNC(C)(C)C)cc5)c4C[C@@]3(N)C[C@@]12N. The van der Waals surface area contributed by atoms with E-state index in [0.29, 0.717) is 22.4 Å². The Bertz CT molecular complexity index is 1830. The van der Waals surface area contributed by atoms with Crippen LogP contribution in [0.1, 0.15) is 43.1 Å². The number of nitriles is 1. The second kappa shape index (κ2) is 11.4. The quantitative estimate of drug-likeness (QED) is 0.221. The van der Waals surface area contributed by atoms with Gasteiger partial charge in [0.15, 0.2) is 34.5 Å². The van der Waals surface area contributed by atoms with Crippen LogP contribution in [0, 0.1) is 28.6 Å². The molecule has 0 heterocycles. The molecule has 9 N–H and O–H groups in total. The molecule has 2 aromatic rings.